The van der Waals surface area contributed by atoms with Crippen LogP contribution in [0.15, 0.2) is 23.1 Å². The Hall–Kier alpha value is -0.620. The average Bonchev–Trinajstić information content (AvgIpc) is 2.38. The Bertz CT molecular complexity index is 517. The molecule has 1 unspecified atom stereocenters. The summed E-state index contributed by atoms with van der Waals surface area (Å²) in [7, 11) is -1.77. The molecule has 0 aliphatic heterocycles. The predicted molar refractivity (Wildman–Crippen MR) is 79.2 cm³/mol. The molecule has 108 valence electrons. The summed E-state index contributed by atoms with van der Waals surface area (Å²) >= 11 is 6.00. The van der Waals surface area contributed by atoms with Crippen LogP contribution >= 0.6 is 11.6 Å². The van der Waals surface area contributed by atoms with Gasteiger partial charge in [0.15, 0.2) is 0 Å². The van der Waals surface area contributed by atoms with Gasteiger partial charge in [0.05, 0.1) is 5.02 Å². The van der Waals surface area contributed by atoms with E-state index in [0.717, 1.165) is 18.4 Å². The first-order valence-corrected chi connectivity index (χ1v) is 8.22. The van der Waals surface area contributed by atoms with Gasteiger partial charge >= 0.3 is 0 Å². The van der Waals surface area contributed by atoms with Gasteiger partial charge in [-0.1, -0.05) is 31.0 Å². The van der Waals surface area contributed by atoms with Crippen LogP contribution < -0.4 is 10.0 Å². The summed E-state index contributed by atoms with van der Waals surface area (Å²) in [5.41, 5.74) is 0.980. The van der Waals surface area contributed by atoms with Gasteiger partial charge in [-0.25, -0.2) is 13.1 Å². The molecule has 2 N–H and O–H groups in total. The second kappa shape index (κ2) is 7.24. The fourth-order valence-electron chi connectivity index (χ4n) is 1.61. The Balaban J connectivity index is 2.96. The number of aryl methyl sites for hydroxylation is 1. The number of sulfonamides is 1. The standard InChI is InChI=1S/C13H21ClN2O2S/c1-4-5-11-6-7-12(14)13(8-11)19(17,18)16-9-10(2)15-3/h6-8,10,15-16H,4-5,9H2,1-3H3. The summed E-state index contributed by atoms with van der Waals surface area (Å²) in [6.07, 6.45) is 1.80. The molecule has 0 radical (unpaired) electrons. The normalized spacial score (nSPS) is 13.5. The van der Waals surface area contributed by atoms with E-state index >= 15 is 0 Å². The molecule has 0 aliphatic rings. The van der Waals surface area contributed by atoms with Crippen LogP contribution in [0.5, 0.6) is 0 Å². The van der Waals surface area contributed by atoms with Gasteiger partial charge in [-0.2, -0.15) is 0 Å². The number of hydrogen-bond acceptors (Lipinski definition) is 3. The van der Waals surface area contributed by atoms with E-state index < -0.39 is 10.0 Å². The molecule has 0 spiro atoms. The van der Waals surface area contributed by atoms with Crippen molar-refractivity contribution in [3.63, 3.8) is 0 Å². The molecule has 0 aromatic heterocycles. The maximum absolute atomic E-state index is 12.2. The number of rotatable bonds is 7. The molecule has 1 aromatic carbocycles. The highest BCUT2D eigenvalue weighted by Crippen LogP contribution is 2.23. The molecule has 4 nitrogen and oxygen atoms in total. The third-order valence-corrected chi connectivity index (χ3v) is 4.80. The second-order valence-corrected chi connectivity index (χ2v) is 6.70. The van der Waals surface area contributed by atoms with Crippen LogP contribution in [-0.2, 0) is 16.4 Å². The minimum Gasteiger partial charge on any atom is -0.316 e. The number of benzene rings is 1. The van der Waals surface area contributed by atoms with Crippen molar-refractivity contribution in [2.45, 2.75) is 37.6 Å². The summed E-state index contributed by atoms with van der Waals surface area (Å²) in [5.74, 6) is 0. The van der Waals surface area contributed by atoms with Gasteiger partial charge in [-0.15, -0.1) is 0 Å². The van der Waals surface area contributed by atoms with Gasteiger partial charge in [-0.3, -0.25) is 0 Å². The van der Waals surface area contributed by atoms with E-state index in [-0.39, 0.29) is 16.0 Å². The van der Waals surface area contributed by atoms with E-state index in [1.165, 1.54) is 0 Å². The summed E-state index contributed by atoms with van der Waals surface area (Å²) in [6.45, 7) is 4.28. The fourth-order valence-corrected chi connectivity index (χ4v) is 3.29. The van der Waals surface area contributed by atoms with Gasteiger partial charge in [0.2, 0.25) is 10.0 Å². The third kappa shape index (κ3) is 4.76. The minimum absolute atomic E-state index is 0.0624. The zero-order chi connectivity index (χ0) is 14.5. The fraction of sp³-hybridized carbons (Fsp3) is 0.538. The summed E-state index contributed by atoms with van der Waals surface area (Å²) in [6, 6.07) is 5.22. The van der Waals surface area contributed by atoms with E-state index in [9.17, 15) is 8.42 Å². The Morgan fingerprint density at radius 1 is 1.37 bits per heavy atom. The van der Waals surface area contributed by atoms with Gasteiger partial charge in [0, 0.05) is 12.6 Å². The Kier molecular flexibility index (Phi) is 6.26. The lowest BCUT2D eigenvalue weighted by Gasteiger charge is -2.13. The molecular formula is C13H21ClN2O2S. The van der Waals surface area contributed by atoms with Crippen molar-refractivity contribution >= 4 is 21.6 Å². The van der Waals surface area contributed by atoms with Crippen LogP contribution in [0.1, 0.15) is 25.8 Å². The number of hydrogen-bond donors (Lipinski definition) is 2. The summed E-state index contributed by atoms with van der Waals surface area (Å²) in [5, 5.41) is 3.23. The molecule has 0 fully saturated rings. The van der Waals surface area contributed by atoms with E-state index in [2.05, 4.69) is 17.0 Å². The van der Waals surface area contributed by atoms with Crippen molar-refractivity contribution in [2.24, 2.45) is 0 Å². The Labute approximate surface area is 120 Å². The first kappa shape index (κ1) is 16.4. The quantitative estimate of drug-likeness (QED) is 0.812. The van der Waals surface area contributed by atoms with Gasteiger partial charge < -0.3 is 5.32 Å². The van der Waals surface area contributed by atoms with Crippen molar-refractivity contribution < 1.29 is 8.42 Å². The lowest BCUT2D eigenvalue weighted by molar-refractivity contribution is 0.554. The minimum atomic E-state index is -3.56. The molecule has 0 heterocycles. The van der Waals surface area contributed by atoms with Crippen molar-refractivity contribution in [3.8, 4) is 0 Å². The maximum Gasteiger partial charge on any atom is 0.242 e. The molecule has 0 amide bonds. The highest BCUT2D eigenvalue weighted by atomic mass is 35.5. The number of likely N-dealkylation sites (N-methyl/N-ethyl adjacent to an activating group) is 1. The molecule has 1 rings (SSSR count). The molecule has 1 atom stereocenters. The Morgan fingerprint density at radius 3 is 2.63 bits per heavy atom. The maximum atomic E-state index is 12.2. The lowest BCUT2D eigenvalue weighted by atomic mass is 10.1. The predicted octanol–water partition coefficient (Wildman–Crippen LogP) is 2.18. The molecule has 19 heavy (non-hydrogen) atoms. The highest BCUT2D eigenvalue weighted by Gasteiger charge is 2.18. The van der Waals surface area contributed by atoms with Gasteiger partial charge in [0.25, 0.3) is 0 Å². The zero-order valence-corrected chi connectivity index (χ0v) is 13.1. The lowest BCUT2D eigenvalue weighted by Crippen LogP contribution is -2.37. The van der Waals surface area contributed by atoms with Crippen LogP contribution in [0.25, 0.3) is 0 Å². The Morgan fingerprint density at radius 2 is 2.05 bits per heavy atom. The van der Waals surface area contributed by atoms with E-state index in [4.69, 9.17) is 11.6 Å². The molecule has 1 aromatic rings. The third-order valence-electron chi connectivity index (χ3n) is 2.90. The zero-order valence-electron chi connectivity index (χ0n) is 11.5. The van der Waals surface area contributed by atoms with Crippen LogP contribution in [0.3, 0.4) is 0 Å². The topological polar surface area (TPSA) is 58.2 Å². The largest absolute Gasteiger partial charge is 0.316 e. The molecule has 0 saturated carbocycles. The number of nitrogens with one attached hydrogen (secondary N) is 2. The summed E-state index contributed by atoms with van der Waals surface area (Å²) < 4.78 is 27.0. The van der Waals surface area contributed by atoms with Crippen molar-refractivity contribution in [1.29, 1.82) is 0 Å². The first-order valence-electron chi connectivity index (χ1n) is 6.36. The van der Waals surface area contributed by atoms with Crippen LogP contribution in [0.4, 0.5) is 0 Å². The van der Waals surface area contributed by atoms with Crippen molar-refractivity contribution in [1.82, 2.24) is 10.0 Å². The SMILES string of the molecule is CCCc1ccc(Cl)c(S(=O)(=O)NCC(C)NC)c1. The second-order valence-electron chi connectivity index (χ2n) is 4.56. The molecule has 0 aliphatic carbocycles. The molecule has 0 bridgehead atoms. The van der Waals surface area contributed by atoms with Crippen LogP contribution in [-0.4, -0.2) is 28.1 Å². The number of halogens is 1. The highest BCUT2D eigenvalue weighted by molar-refractivity contribution is 7.89. The summed E-state index contributed by atoms with van der Waals surface area (Å²) in [4.78, 5) is 0.156. The molecule has 0 saturated heterocycles. The van der Waals surface area contributed by atoms with Crippen molar-refractivity contribution in [2.75, 3.05) is 13.6 Å². The smallest absolute Gasteiger partial charge is 0.242 e. The van der Waals surface area contributed by atoms with Gasteiger partial charge in [0.1, 0.15) is 4.90 Å². The van der Waals surface area contributed by atoms with Crippen molar-refractivity contribution in [3.05, 3.63) is 28.8 Å². The monoisotopic (exact) mass is 304 g/mol. The van der Waals surface area contributed by atoms with E-state index in [0.29, 0.717) is 6.54 Å². The first-order chi connectivity index (χ1) is 8.90. The van der Waals surface area contributed by atoms with E-state index in [1.54, 1.807) is 19.2 Å². The van der Waals surface area contributed by atoms with Crippen LogP contribution in [0, 0.1) is 0 Å². The average molecular weight is 305 g/mol. The molecule has 6 heteroatoms. The van der Waals surface area contributed by atoms with E-state index in [1.807, 2.05) is 13.0 Å². The van der Waals surface area contributed by atoms with Crippen LogP contribution in [0.2, 0.25) is 5.02 Å². The van der Waals surface area contributed by atoms with Gasteiger partial charge in [-0.05, 0) is 38.1 Å². The molecular weight excluding hydrogens is 284 g/mol.